The number of amides is 1. The molecule has 27 heavy (non-hydrogen) atoms. The Balaban J connectivity index is 2.15. The van der Waals surface area contributed by atoms with Crippen LogP contribution in [0.5, 0.6) is 11.5 Å². The van der Waals surface area contributed by atoms with Gasteiger partial charge in [0.05, 0.1) is 31.6 Å². The standard InChI is InChI=1S/C19H23NO5S2/c1-4-11-25-16(21)9-10-20-18(22)15(27-19(20)26)12-13-7-6-8-14(23-3)17(13)24-5-2/h6-8,12H,4-5,9-11H2,1-3H3/b15-12-. The number of ether oxygens (including phenoxy) is 3. The molecule has 0 saturated carbocycles. The summed E-state index contributed by atoms with van der Waals surface area (Å²) in [7, 11) is 1.57. The van der Waals surface area contributed by atoms with Crippen molar-refractivity contribution in [1.29, 1.82) is 0 Å². The fourth-order valence-electron chi connectivity index (χ4n) is 2.43. The third kappa shape index (κ3) is 5.46. The number of nitrogens with zero attached hydrogens (tertiary/aromatic N) is 1. The predicted octanol–water partition coefficient (Wildman–Crippen LogP) is 3.64. The van der Waals surface area contributed by atoms with Crippen molar-refractivity contribution in [3.8, 4) is 11.5 Å². The molecule has 1 aliphatic heterocycles. The number of methoxy groups -OCH3 is 1. The van der Waals surface area contributed by atoms with E-state index < -0.39 is 0 Å². The fourth-order valence-corrected chi connectivity index (χ4v) is 3.73. The maximum Gasteiger partial charge on any atom is 0.307 e. The van der Waals surface area contributed by atoms with Crippen LogP contribution in [-0.2, 0) is 14.3 Å². The van der Waals surface area contributed by atoms with Crippen molar-refractivity contribution in [3.63, 3.8) is 0 Å². The van der Waals surface area contributed by atoms with Crippen molar-refractivity contribution < 1.29 is 23.8 Å². The van der Waals surface area contributed by atoms with Gasteiger partial charge in [-0.15, -0.1) is 0 Å². The Bertz CT molecular complexity index is 748. The average molecular weight is 410 g/mol. The molecule has 0 unspecified atom stereocenters. The molecule has 2 rings (SSSR count). The molecule has 0 spiro atoms. The lowest BCUT2D eigenvalue weighted by atomic mass is 10.1. The van der Waals surface area contributed by atoms with Crippen LogP contribution >= 0.6 is 24.0 Å². The molecule has 1 saturated heterocycles. The molecule has 8 heteroatoms. The minimum absolute atomic E-state index is 0.114. The quantitative estimate of drug-likeness (QED) is 0.350. The Morgan fingerprint density at radius 2 is 2.11 bits per heavy atom. The molecule has 146 valence electrons. The van der Waals surface area contributed by atoms with Gasteiger partial charge in [0.2, 0.25) is 0 Å². The van der Waals surface area contributed by atoms with E-state index >= 15 is 0 Å². The number of thioether (sulfide) groups is 1. The Labute approximate surface area is 168 Å². The maximum absolute atomic E-state index is 12.7. The average Bonchev–Trinajstić information content (AvgIpc) is 2.92. The first-order chi connectivity index (χ1) is 13.0. The lowest BCUT2D eigenvalue weighted by molar-refractivity contribution is -0.143. The third-order valence-electron chi connectivity index (χ3n) is 3.68. The zero-order valence-electron chi connectivity index (χ0n) is 15.6. The third-order valence-corrected chi connectivity index (χ3v) is 5.06. The molecule has 0 N–H and O–H groups in total. The van der Waals surface area contributed by atoms with Crippen molar-refractivity contribution in [1.82, 2.24) is 4.90 Å². The van der Waals surface area contributed by atoms with E-state index in [0.717, 1.165) is 12.0 Å². The summed E-state index contributed by atoms with van der Waals surface area (Å²) >= 11 is 6.51. The number of benzene rings is 1. The van der Waals surface area contributed by atoms with E-state index in [-0.39, 0.29) is 24.8 Å². The van der Waals surface area contributed by atoms with Crippen LogP contribution in [0.3, 0.4) is 0 Å². The first kappa shape index (κ1) is 21.2. The lowest BCUT2D eigenvalue weighted by Gasteiger charge is -2.14. The molecule has 0 radical (unpaired) electrons. The van der Waals surface area contributed by atoms with Gasteiger partial charge >= 0.3 is 5.97 Å². The molecule has 1 fully saturated rings. The van der Waals surface area contributed by atoms with Crippen LogP contribution < -0.4 is 9.47 Å². The Morgan fingerprint density at radius 1 is 1.33 bits per heavy atom. The monoisotopic (exact) mass is 409 g/mol. The summed E-state index contributed by atoms with van der Waals surface area (Å²) in [5, 5.41) is 0. The smallest absolute Gasteiger partial charge is 0.307 e. The number of carbonyl (C=O) groups excluding carboxylic acids is 2. The number of thiocarbonyl (C=S) groups is 1. The first-order valence-corrected chi connectivity index (χ1v) is 9.95. The zero-order chi connectivity index (χ0) is 19.8. The summed E-state index contributed by atoms with van der Waals surface area (Å²) in [6.45, 7) is 4.87. The molecule has 0 atom stereocenters. The van der Waals surface area contributed by atoms with E-state index in [2.05, 4.69) is 0 Å². The van der Waals surface area contributed by atoms with Crippen LogP contribution in [0.1, 0.15) is 32.3 Å². The van der Waals surface area contributed by atoms with Crippen molar-refractivity contribution in [2.24, 2.45) is 0 Å². The molecule has 0 aliphatic carbocycles. The van der Waals surface area contributed by atoms with Gasteiger partial charge in [-0.3, -0.25) is 14.5 Å². The van der Waals surface area contributed by atoms with Crippen LogP contribution in [0.15, 0.2) is 23.1 Å². The number of para-hydroxylation sites is 1. The van der Waals surface area contributed by atoms with E-state index in [1.807, 2.05) is 26.0 Å². The maximum atomic E-state index is 12.7. The minimum Gasteiger partial charge on any atom is -0.493 e. The van der Waals surface area contributed by atoms with Gasteiger partial charge in [0.25, 0.3) is 5.91 Å². The van der Waals surface area contributed by atoms with Crippen molar-refractivity contribution in [2.45, 2.75) is 26.7 Å². The van der Waals surface area contributed by atoms with Crippen molar-refractivity contribution in [3.05, 3.63) is 28.7 Å². The first-order valence-electron chi connectivity index (χ1n) is 8.72. The minimum atomic E-state index is -0.332. The van der Waals surface area contributed by atoms with E-state index in [4.69, 9.17) is 26.4 Å². The topological polar surface area (TPSA) is 65.1 Å². The Morgan fingerprint density at radius 3 is 2.78 bits per heavy atom. The highest BCUT2D eigenvalue weighted by Gasteiger charge is 2.32. The van der Waals surface area contributed by atoms with E-state index in [1.165, 1.54) is 16.7 Å². The second-order valence-corrected chi connectivity index (χ2v) is 7.29. The Kier molecular flexibility index (Phi) is 8.12. The van der Waals surface area contributed by atoms with Gasteiger partial charge in [-0.25, -0.2) is 0 Å². The molecule has 1 amide bonds. The summed E-state index contributed by atoms with van der Waals surface area (Å²) in [6.07, 6.45) is 2.61. The van der Waals surface area contributed by atoms with Gasteiger partial charge in [0, 0.05) is 12.1 Å². The normalized spacial score (nSPS) is 15.4. The number of esters is 1. The van der Waals surface area contributed by atoms with Gasteiger partial charge in [0.15, 0.2) is 11.5 Å². The summed E-state index contributed by atoms with van der Waals surface area (Å²) < 4.78 is 16.5. The van der Waals surface area contributed by atoms with Gasteiger partial charge in [-0.2, -0.15) is 0 Å². The highest BCUT2D eigenvalue weighted by atomic mass is 32.2. The molecule has 1 heterocycles. The van der Waals surface area contributed by atoms with Gasteiger partial charge in [-0.05, 0) is 25.5 Å². The SMILES string of the molecule is CCCOC(=O)CCN1C(=O)/C(=C/c2cccc(OC)c2OCC)SC1=S. The molecule has 0 bridgehead atoms. The van der Waals surface area contributed by atoms with Gasteiger partial charge in [0.1, 0.15) is 4.32 Å². The largest absolute Gasteiger partial charge is 0.493 e. The van der Waals surface area contributed by atoms with Crippen LogP contribution in [-0.4, -0.2) is 48.0 Å². The molecule has 1 aliphatic rings. The molecule has 1 aromatic rings. The highest BCUT2D eigenvalue weighted by Crippen LogP contribution is 2.37. The van der Waals surface area contributed by atoms with Crippen LogP contribution in [0, 0.1) is 0 Å². The predicted molar refractivity (Wildman–Crippen MR) is 110 cm³/mol. The van der Waals surface area contributed by atoms with Gasteiger partial charge < -0.3 is 14.2 Å². The molecule has 1 aromatic carbocycles. The molecule has 0 aromatic heterocycles. The molecular formula is C19H23NO5S2. The van der Waals surface area contributed by atoms with Gasteiger partial charge in [-0.1, -0.05) is 43.0 Å². The number of rotatable bonds is 9. The number of hydrogen-bond acceptors (Lipinski definition) is 7. The number of hydrogen-bond donors (Lipinski definition) is 0. The Hall–Kier alpha value is -2.06. The fraction of sp³-hybridized carbons (Fsp3) is 0.421. The van der Waals surface area contributed by atoms with Crippen LogP contribution in [0.4, 0.5) is 0 Å². The van der Waals surface area contributed by atoms with Crippen molar-refractivity contribution >= 4 is 46.3 Å². The number of carbonyl (C=O) groups is 2. The summed E-state index contributed by atoms with van der Waals surface area (Å²) in [6, 6.07) is 5.48. The summed E-state index contributed by atoms with van der Waals surface area (Å²) in [4.78, 5) is 26.3. The van der Waals surface area contributed by atoms with Crippen LogP contribution in [0.2, 0.25) is 0 Å². The van der Waals surface area contributed by atoms with Crippen LogP contribution in [0.25, 0.3) is 6.08 Å². The van der Waals surface area contributed by atoms with E-state index in [9.17, 15) is 9.59 Å². The molecular weight excluding hydrogens is 386 g/mol. The second kappa shape index (κ2) is 10.3. The summed E-state index contributed by atoms with van der Waals surface area (Å²) in [5.41, 5.74) is 0.735. The van der Waals surface area contributed by atoms with Crippen molar-refractivity contribution in [2.75, 3.05) is 26.9 Å². The van der Waals surface area contributed by atoms with E-state index in [1.54, 1.807) is 19.3 Å². The highest BCUT2D eigenvalue weighted by molar-refractivity contribution is 8.26. The second-order valence-electron chi connectivity index (χ2n) is 5.62. The lowest BCUT2D eigenvalue weighted by Crippen LogP contribution is -2.30. The summed E-state index contributed by atoms with van der Waals surface area (Å²) in [5.74, 6) is 0.621. The van der Waals surface area contributed by atoms with E-state index in [0.29, 0.717) is 33.9 Å². The zero-order valence-corrected chi connectivity index (χ0v) is 17.3. The molecule has 6 nitrogen and oxygen atoms in total.